The van der Waals surface area contributed by atoms with E-state index < -0.39 is 78.5 Å². The van der Waals surface area contributed by atoms with E-state index in [1.807, 2.05) is 13.8 Å². The number of aliphatic hydroxyl groups excluding tert-OH is 6. The smallest absolute Gasteiger partial charge is 0.317 e. The van der Waals surface area contributed by atoms with Crippen LogP contribution in [0.15, 0.2) is 23.3 Å². The zero-order valence-corrected chi connectivity index (χ0v) is 32.7. The van der Waals surface area contributed by atoms with E-state index in [1.54, 1.807) is 0 Å². The molecule has 9 aliphatic rings. The lowest BCUT2D eigenvalue weighted by Gasteiger charge is -2.71. The van der Waals surface area contributed by atoms with Gasteiger partial charge in [0.15, 0.2) is 12.6 Å². The van der Waals surface area contributed by atoms with Gasteiger partial charge in [-0.15, -0.1) is 0 Å². The van der Waals surface area contributed by atoms with Crippen LogP contribution in [0.3, 0.4) is 0 Å². The maximum absolute atomic E-state index is 13.6. The topological polar surface area (TPSA) is 205 Å². The first kappa shape index (κ1) is 39.3. The Morgan fingerprint density at radius 1 is 0.815 bits per heavy atom. The number of hydrogen-bond acceptors (Lipinski definition) is 13. The molecule has 18 atom stereocenters. The highest BCUT2D eigenvalue weighted by atomic mass is 16.7. The standard InChI is InChI=1S/C41H62O13/c1-35(2)23-10-13-38(5)24(9-8-20-31-40(7,49)39(6)15-17-41(31,34(48)54-39)16-14-37(20,38)4)36(23,3)12-11-25(35)52-32-29(47)30(21(43)19-50-32)53-33-28(46)27(45)26(44)22(18-42)51-33/h8-9,21-30,32-33,42-47,49H,10-19H2,1-7H3/t21-,22+,23-,24+,25-,26+,27-,28+,29+,30-,32-,33-,36-,37+,38+,39-,40-,41+/m0/s1. The van der Waals surface area contributed by atoms with Crippen LogP contribution < -0.4 is 0 Å². The van der Waals surface area contributed by atoms with Crippen LogP contribution in [0.5, 0.6) is 0 Å². The van der Waals surface area contributed by atoms with Crippen LogP contribution in [-0.2, 0) is 28.5 Å². The molecule has 7 N–H and O–H groups in total. The van der Waals surface area contributed by atoms with Gasteiger partial charge >= 0.3 is 5.97 Å². The third-order valence-corrected chi connectivity index (χ3v) is 17.0. The molecule has 3 saturated carbocycles. The fraction of sp³-hybridized carbons (Fsp3) is 0.878. The second kappa shape index (κ2) is 12.5. The number of carbonyl (C=O) groups excluding carboxylic acids is 1. The number of esters is 1. The minimum atomic E-state index is -1.69. The van der Waals surface area contributed by atoms with E-state index in [0.717, 1.165) is 36.8 Å². The van der Waals surface area contributed by atoms with Crippen molar-refractivity contribution in [2.45, 2.75) is 172 Å². The number of ether oxygens (including phenoxy) is 5. The van der Waals surface area contributed by atoms with E-state index in [2.05, 4.69) is 46.8 Å². The van der Waals surface area contributed by atoms with Gasteiger partial charge in [-0.05, 0) is 110 Å². The van der Waals surface area contributed by atoms with Crippen molar-refractivity contribution in [2.75, 3.05) is 13.2 Å². The average molecular weight is 763 g/mol. The van der Waals surface area contributed by atoms with Crippen LogP contribution in [0.2, 0.25) is 0 Å². The Hall–Kier alpha value is -1.49. The van der Waals surface area contributed by atoms with Crippen LogP contribution in [0.1, 0.15) is 99.8 Å². The molecule has 4 heterocycles. The second-order valence-corrected chi connectivity index (χ2v) is 19.8. The summed E-state index contributed by atoms with van der Waals surface area (Å²) in [7, 11) is 0. The third-order valence-electron chi connectivity index (χ3n) is 17.0. The van der Waals surface area contributed by atoms with Gasteiger partial charge in [0, 0.05) is 0 Å². The van der Waals surface area contributed by atoms with Crippen molar-refractivity contribution in [3.05, 3.63) is 23.3 Å². The van der Waals surface area contributed by atoms with Crippen molar-refractivity contribution in [1.29, 1.82) is 0 Å². The van der Waals surface area contributed by atoms with Gasteiger partial charge in [-0.3, -0.25) is 4.79 Å². The number of carbonyl (C=O) groups is 1. The van der Waals surface area contributed by atoms with Crippen LogP contribution in [-0.4, -0.2) is 128 Å². The Balaban J connectivity index is 1.04. The van der Waals surface area contributed by atoms with Crippen molar-refractivity contribution < 1.29 is 64.2 Å². The fourth-order valence-electron chi connectivity index (χ4n) is 13.3. The molecule has 13 nitrogen and oxygen atoms in total. The monoisotopic (exact) mass is 762 g/mol. The number of fused-ring (bicyclic) bond motifs is 7. The summed E-state index contributed by atoms with van der Waals surface area (Å²) < 4.78 is 29.8. The molecule has 4 aliphatic heterocycles. The molecule has 0 aromatic heterocycles. The predicted molar refractivity (Wildman–Crippen MR) is 191 cm³/mol. The maximum atomic E-state index is 13.6. The lowest BCUT2D eigenvalue weighted by molar-refractivity contribution is -0.356. The summed E-state index contributed by atoms with van der Waals surface area (Å²) in [5.41, 5.74) is -1.81. The minimum Gasteiger partial charge on any atom is -0.455 e. The largest absolute Gasteiger partial charge is 0.455 e. The van der Waals surface area contributed by atoms with Gasteiger partial charge in [-0.2, -0.15) is 0 Å². The fourth-order valence-corrected chi connectivity index (χ4v) is 13.3. The highest BCUT2D eigenvalue weighted by molar-refractivity contribution is 5.86. The highest BCUT2D eigenvalue weighted by Gasteiger charge is 2.73. The first-order valence-corrected chi connectivity index (χ1v) is 20.1. The van der Waals surface area contributed by atoms with Crippen molar-refractivity contribution in [2.24, 2.45) is 38.9 Å². The number of allylic oxidation sites excluding steroid dienone is 3. The van der Waals surface area contributed by atoms with Gasteiger partial charge in [0.25, 0.3) is 0 Å². The Kier molecular flexibility index (Phi) is 9.11. The molecule has 304 valence electrons. The average Bonchev–Trinajstić information content (AvgIpc) is 3.10. The van der Waals surface area contributed by atoms with E-state index in [0.29, 0.717) is 25.7 Å². The SMILES string of the molecule is CC1(C)[C@@H](O[C@@H]2OC[C@H](O)[C@H](O[C@@H]3O[C@H](CO)[C@@H](O)[C@H](O)[C@H]3O)[C@H]2O)CC[C@]2(C)[C@H]3C=CC4=C5[C@]6(CC[C@](C)(OC6=O)[C@@]5(C)O)CC[C@@]4(C)[C@]3(C)CC[C@@H]12. The maximum Gasteiger partial charge on any atom is 0.317 e. The molecule has 1 spiro atoms. The number of aliphatic hydroxyl groups is 7. The molecule has 2 bridgehead atoms. The lowest BCUT2D eigenvalue weighted by atomic mass is 9.35. The van der Waals surface area contributed by atoms with E-state index in [9.17, 15) is 40.5 Å². The number of rotatable bonds is 5. The number of hydrogen-bond donors (Lipinski definition) is 7. The molecule has 4 saturated heterocycles. The molecule has 5 aliphatic carbocycles. The third kappa shape index (κ3) is 4.99. The predicted octanol–water partition coefficient (Wildman–Crippen LogP) is 2.01. The molecule has 0 radical (unpaired) electrons. The molecule has 54 heavy (non-hydrogen) atoms. The molecule has 0 unspecified atom stereocenters. The first-order chi connectivity index (χ1) is 25.1. The zero-order valence-electron chi connectivity index (χ0n) is 32.7. The van der Waals surface area contributed by atoms with Gasteiger partial charge < -0.3 is 59.4 Å². The molecule has 7 fully saturated rings. The Labute approximate surface area is 317 Å². The lowest BCUT2D eigenvalue weighted by Crippen LogP contribution is -2.71. The summed E-state index contributed by atoms with van der Waals surface area (Å²) in [6, 6.07) is 0. The molecule has 0 aromatic carbocycles. The quantitative estimate of drug-likeness (QED) is 0.158. The van der Waals surface area contributed by atoms with E-state index >= 15 is 0 Å². The Bertz CT molecular complexity index is 1590. The van der Waals surface area contributed by atoms with Gasteiger partial charge in [-0.1, -0.05) is 46.8 Å². The second-order valence-electron chi connectivity index (χ2n) is 19.8. The Morgan fingerprint density at radius 2 is 1.52 bits per heavy atom. The Morgan fingerprint density at radius 3 is 2.20 bits per heavy atom. The molecule has 9 rings (SSSR count). The normalized spacial score (nSPS) is 56.4. The van der Waals surface area contributed by atoms with Gasteiger partial charge in [0.2, 0.25) is 0 Å². The molecular weight excluding hydrogens is 700 g/mol. The summed E-state index contributed by atoms with van der Waals surface area (Å²) in [4.78, 5) is 13.6. The summed E-state index contributed by atoms with van der Waals surface area (Å²) in [6.45, 7) is 14.5. The van der Waals surface area contributed by atoms with Crippen molar-refractivity contribution in [3.63, 3.8) is 0 Å². The van der Waals surface area contributed by atoms with Gasteiger partial charge in [0.05, 0.1) is 24.7 Å². The summed E-state index contributed by atoms with van der Waals surface area (Å²) in [5, 5.41) is 75.1. The van der Waals surface area contributed by atoms with E-state index in [1.165, 1.54) is 0 Å². The molecule has 0 aromatic rings. The van der Waals surface area contributed by atoms with E-state index in [4.69, 9.17) is 23.7 Å². The van der Waals surface area contributed by atoms with Gasteiger partial charge in [-0.25, -0.2) is 0 Å². The van der Waals surface area contributed by atoms with Crippen molar-refractivity contribution in [1.82, 2.24) is 0 Å². The molecule has 0 amide bonds. The minimum absolute atomic E-state index is 0.100. The first-order valence-electron chi connectivity index (χ1n) is 20.1. The van der Waals surface area contributed by atoms with Crippen molar-refractivity contribution in [3.8, 4) is 0 Å². The van der Waals surface area contributed by atoms with Gasteiger partial charge in [0.1, 0.15) is 53.9 Å². The van der Waals surface area contributed by atoms with Crippen LogP contribution in [0.4, 0.5) is 0 Å². The highest BCUT2D eigenvalue weighted by Crippen LogP contribution is 2.75. The summed E-state index contributed by atoms with van der Waals surface area (Å²) in [5.74, 6) is 0.287. The molecule has 13 heteroatoms. The molecular formula is C41H62O13. The van der Waals surface area contributed by atoms with Crippen molar-refractivity contribution >= 4 is 5.97 Å². The van der Waals surface area contributed by atoms with Crippen LogP contribution in [0.25, 0.3) is 0 Å². The summed E-state index contributed by atoms with van der Waals surface area (Å²) >= 11 is 0. The summed E-state index contributed by atoms with van der Waals surface area (Å²) in [6.07, 6.45) is -2.28. The van der Waals surface area contributed by atoms with E-state index in [-0.39, 0.29) is 52.2 Å². The van der Waals surface area contributed by atoms with Crippen LogP contribution >= 0.6 is 0 Å². The zero-order chi connectivity index (χ0) is 39.2. The van der Waals surface area contributed by atoms with Crippen LogP contribution in [0, 0.1) is 38.9 Å².